The molecule has 0 spiro atoms. The van der Waals surface area contributed by atoms with Gasteiger partial charge in [0, 0.05) is 6.04 Å². The maximum absolute atomic E-state index is 10.4. The van der Waals surface area contributed by atoms with E-state index in [2.05, 4.69) is 22.6 Å². The van der Waals surface area contributed by atoms with Gasteiger partial charge >= 0.3 is 0 Å². The molecule has 3 aromatic rings. The third-order valence-corrected chi connectivity index (χ3v) is 5.92. The van der Waals surface area contributed by atoms with Crippen molar-refractivity contribution in [3.63, 3.8) is 0 Å². The van der Waals surface area contributed by atoms with Gasteiger partial charge in [-0.1, -0.05) is 18.2 Å². The number of fused-ring (bicyclic) bond motifs is 1. The Kier molecular flexibility index (Phi) is 4.77. The maximum Gasteiger partial charge on any atom is 0.166 e. The van der Waals surface area contributed by atoms with E-state index in [0.29, 0.717) is 30.6 Å². The molecular weight excluding hydrogens is 366 g/mol. The van der Waals surface area contributed by atoms with Gasteiger partial charge in [0.1, 0.15) is 11.3 Å². The number of rotatable bonds is 3. The van der Waals surface area contributed by atoms with Crippen LogP contribution in [-0.4, -0.2) is 62.9 Å². The van der Waals surface area contributed by atoms with Crippen LogP contribution in [0.5, 0.6) is 5.75 Å². The SMILES string of the molecule is CN1CCC(n2cnc3c(C4=CCOCC4)nc(-c4ccccc4O)nc32)CC1. The smallest absolute Gasteiger partial charge is 0.166 e. The Hall–Kier alpha value is -2.77. The molecule has 29 heavy (non-hydrogen) atoms. The fourth-order valence-electron chi connectivity index (χ4n) is 4.21. The molecule has 4 heterocycles. The molecule has 0 atom stereocenters. The monoisotopic (exact) mass is 391 g/mol. The minimum absolute atomic E-state index is 0.184. The van der Waals surface area contributed by atoms with Gasteiger partial charge in [0.15, 0.2) is 11.5 Å². The summed E-state index contributed by atoms with van der Waals surface area (Å²) in [4.78, 5) is 16.8. The first-order valence-corrected chi connectivity index (χ1v) is 10.2. The van der Waals surface area contributed by atoms with Crippen molar-refractivity contribution in [2.75, 3.05) is 33.4 Å². The van der Waals surface area contributed by atoms with Crippen LogP contribution in [0.4, 0.5) is 0 Å². The number of aromatic hydroxyl groups is 1. The number of nitrogens with zero attached hydrogens (tertiary/aromatic N) is 5. The van der Waals surface area contributed by atoms with E-state index in [4.69, 9.17) is 19.7 Å². The van der Waals surface area contributed by atoms with E-state index in [-0.39, 0.29) is 5.75 Å². The zero-order valence-electron chi connectivity index (χ0n) is 16.6. The fraction of sp³-hybridized carbons (Fsp3) is 0.409. The Balaban J connectivity index is 1.68. The third-order valence-electron chi connectivity index (χ3n) is 5.92. The van der Waals surface area contributed by atoms with Crippen molar-refractivity contribution in [1.29, 1.82) is 0 Å². The van der Waals surface area contributed by atoms with Crippen LogP contribution in [0.15, 0.2) is 36.7 Å². The van der Waals surface area contributed by atoms with E-state index in [1.807, 2.05) is 24.5 Å². The van der Waals surface area contributed by atoms with Crippen LogP contribution < -0.4 is 0 Å². The van der Waals surface area contributed by atoms with E-state index in [1.54, 1.807) is 6.07 Å². The largest absolute Gasteiger partial charge is 0.507 e. The molecule has 1 fully saturated rings. The first-order valence-electron chi connectivity index (χ1n) is 10.2. The Morgan fingerprint density at radius 3 is 2.72 bits per heavy atom. The molecule has 7 heteroatoms. The van der Waals surface area contributed by atoms with Gasteiger partial charge in [-0.25, -0.2) is 15.0 Å². The van der Waals surface area contributed by atoms with Crippen molar-refractivity contribution in [3.8, 4) is 17.1 Å². The molecule has 0 saturated carbocycles. The Morgan fingerprint density at radius 2 is 1.97 bits per heavy atom. The van der Waals surface area contributed by atoms with Crippen molar-refractivity contribution >= 4 is 16.7 Å². The van der Waals surface area contributed by atoms with E-state index >= 15 is 0 Å². The Morgan fingerprint density at radius 1 is 1.14 bits per heavy atom. The molecule has 1 aromatic carbocycles. The molecule has 7 nitrogen and oxygen atoms in total. The molecule has 0 bridgehead atoms. The number of phenolic OH excluding ortho intramolecular Hbond substituents is 1. The Labute approximate surface area is 169 Å². The summed E-state index contributed by atoms with van der Waals surface area (Å²) >= 11 is 0. The number of hydrogen-bond donors (Lipinski definition) is 1. The molecular formula is C22H25N5O2. The van der Waals surface area contributed by atoms with Gasteiger partial charge in [-0.15, -0.1) is 0 Å². The highest BCUT2D eigenvalue weighted by atomic mass is 16.5. The topological polar surface area (TPSA) is 76.3 Å². The Bertz CT molecular complexity index is 1070. The predicted molar refractivity (Wildman–Crippen MR) is 112 cm³/mol. The molecule has 2 aromatic heterocycles. The van der Waals surface area contributed by atoms with E-state index in [0.717, 1.165) is 54.8 Å². The van der Waals surface area contributed by atoms with Gasteiger partial charge in [0.2, 0.25) is 0 Å². The molecule has 2 aliphatic heterocycles. The average Bonchev–Trinajstić information content (AvgIpc) is 3.18. The van der Waals surface area contributed by atoms with Crippen molar-refractivity contribution < 1.29 is 9.84 Å². The standard InChI is InChI=1S/C22H25N5O2/c1-26-10-6-16(7-11-26)27-14-23-20-19(15-8-12-29-13-9-15)24-21(25-22(20)27)17-4-2-3-5-18(17)28/h2-5,8,14,16,28H,6-7,9-13H2,1H3. The van der Waals surface area contributed by atoms with Crippen molar-refractivity contribution in [2.24, 2.45) is 0 Å². The predicted octanol–water partition coefficient (Wildman–Crippen LogP) is 3.27. The number of hydrogen-bond acceptors (Lipinski definition) is 6. The molecule has 0 amide bonds. The van der Waals surface area contributed by atoms with E-state index in [1.165, 1.54) is 0 Å². The minimum atomic E-state index is 0.184. The normalized spacial score (nSPS) is 18.9. The summed E-state index contributed by atoms with van der Waals surface area (Å²) in [5, 5.41) is 10.4. The summed E-state index contributed by atoms with van der Waals surface area (Å²) < 4.78 is 7.69. The van der Waals surface area contributed by atoms with Gasteiger partial charge in [-0.2, -0.15) is 0 Å². The molecule has 1 N–H and O–H groups in total. The minimum Gasteiger partial charge on any atom is -0.507 e. The van der Waals surface area contributed by atoms with Crippen LogP contribution in [0.3, 0.4) is 0 Å². The number of imidazole rings is 1. The highest BCUT2D eigenvalue weighted by Crippen LogP contribution is 2.33. The number of phenols is 1. The zero-order chi connectivity index (χ0) is 19.8. The van der Waals surface area contributed by atoms with E-state index < -0.39 is 0 Å². The van der Waals surface area contributed by atoms with Crippen LogP contribution in [0.25, 0.3) is 28.1 Å². The summed E-state index contributed by atoms with van der Waals surface area (Å²) in [6.07, 6.45) is 6.93. The highest BCUT2D eigenvalue weighted by Gasteiger charge is 2.24. The summed E-state index contributed by atoms with van der Waals surface area (Å²) in [6, 6.07) is 7.60. The lowest BCUT2D eigenvalue weighted by Gasteiger charge is -2.29. The van der Waals surface area contributed by atoms with Gasteiger partial charge < -0.3 is 19.3 Å². The summed E-state index contributed by atoms with van der Waals surface area (Å²) in [7, 11) is 2.16. The quantitative estimate of drug-likeness (QED) is 0.738. The molecule has 0 radical (unpaired) electrons. The molecule has 1 saturated heterocycles. The van der Waals surface area contributed by atoms with Gasteiger partial charge in [-0.05, 0) is 57.1 Å². The lowest BCUT2D eigenvalue weighted by molar-refractivity contribution is 0.161. The number of ether oxygens (including phenoxy) is 1. The second-order valence-corrected chi connectivity index (χ2v) is 7.83. The number of aromatic nitrogens is 4. The van der Waals surface area contributed by atoms with Gasteiger partial charge in [-0.3, -0.25) is 0 Å². The van der Waals surface area contributed by atoms with E-state index in [9.17, 15) is 5.11 Å². The summed E-state index contributed by atoms with van der Waals surface area (Å²) in [6.45, 7) is 3.40. The molecule has 150 valence electrons. The summed E-state index contributed by atoms with van der Waals surface area (Å²) in [5.41, 5.74) is 4.29. The van der Waals surface area contributed by atoms with Crippen LogP contribution in [-0.2, 0) is 4.74 Å². The molecule has 0 aliphatic carbocycles. The lowest BCUT2D eigenvalue weighted by Crippen LogP contribution is -2.31. The molecule has 0 unspecified atom stereocenters. The first-order chi connectivity index (χ1) is 14.2. The summed E-state index contributed by atoms with van der Waals surface area (Å²) in [5.74, 6) is 0.719. The van der Waals surface area contributed by atoms with Crippen LogP contribution in [0.2, 0.25) is 0 Å². The van der Waals surface area contributed by atoms with Crippen LogP contribution >= 0.6 is 0 Å². The van der Waals surface area contributed by atoms with Crippen molar-refractivity contribution in [1.82, 2.24) is 24.4 Å². The number of likely N-dealkylation sites (tertiary alicyclic amines) is 1. The first kappa shape index (κ1) is 18.3. The third kappa shape index (κ3) is 3.41. The van der Waals surface area contributed by atoms with Crippen molar-refractivity contribution in [3.05, 3.63) is 42.4 Å². The number of piperidine rings is 1. The maximum atomic E-state index is 10.4. The zero-order valence-corrected chi connectivity index (χ0v) is 16.6. The van der Waals surface area contributed by atoms with Gasteiger partial charge in [0.25, 0.3) is 0 Å². The lowest BCUT2D eigenvalue weighted by atomic mass is 10.0. The molecule has 2 aliphatic rings. The van der Waals surface area contributed by atoms with Crippen LogP contribution in [0, 0.1) is 0 Å². The average molecular weight is 391 g/mol. The fourth-order valence-corrected chi connectivity index (χ4v) is 4.21. The number of para-hydroxylation sites is 1. The van der Waals surface area contributed by atoms with Gasteiger partial charge in [0.05, 0.1) is 30.8 Å². The number of benzene rings is 1. The van der Waals surface area contributed by atoms with Crippen LogP contribution in [0.1, 0.15) is 31.0 Å². The second kappa shape index (κ2) is 7.57. The van der Waals surface area contributed by atoms with Crippen molar-refractivity contribution in [2.45, 2.75) is 25.3 Å². The second-order valence-electron chi connectivity index (χ2n) is 7.83. The molecule has 5 rings (SSSR count). The highest BCUT2D eigenvalue weighted by molar-refractivity contribution is 5.87.